The normalized spacial score (nSPS) is 23.1. The molecule has 1 amide bonds. The molecule has 1 aromatic rings. The number of aryl methyl sites for hydroxylation is 2. The van der Waals surface area contributed by atoms with Crippen LogP contribution in [-0.4, -0.2) is 32.6 Å². The lowest BCUT2D eigenvalue weighted by molar-refractivity contribution is -0.0618. The highest BCUT2D eigenvalue weighted by atomic mass is 32.2. The molecule has 0 bridgehead atoms. The number of furan rings is 1. The molecule has 1 saturated heterocycles. The van der Waals surface area contributed by atoms with Crippen LogP contribution in [0.15, 0.2) is 9.31 Å². The third-order valence-electron chi connectivity index (χ3n) is 5.31. The standard InChI is InChI=1S/C17H26N2O5S/c1-11-14(15(12(2)23-11)25(18,21)22)16(20)19-10-13-6-9-17(24-13)7-4-3-5-8-17/h13H,3-10H2,1-2H3,(H,19,20)(H2,18,21,22). The maximum absolute atomic E-state index is 12.5. The highest BCUT2D eigenvalue weighted by Crippen LogP contribution is 2.41. The first kappa shape index (κ1) is 18.4. The molecule has 0 aromatic carbocycles. The fourth-order valence-corrected chi connectivity index (χ4v) is 5.13. The molecule has 8 heteroatoms. The number of rotatable bonds is 4. The van der Waals surface area contributed by atoms with E-state index in [-0.39, 0.29) is 33.7 Å². The van der Waals surface area contributed by atoms with Crippen molar-refractivity contribution < 1.29 is 22.4 Å². The largest absolute Gasteiger partial charge is 0.464 e. The van der Waals surface area contributed by atoms with Crippen LogP contribution >= 0.6 is 0 Å². The Hall–Kier alpha value is -1.38. The van der Waals surface area contributed by atoms with Crippen molar-refractivity contribution in [3.63, 3.8) is 0 Å². The predicted molar refractivity (Wildman–Crippen MR) is 91.8 cm³/mol. The van der Waals surface area contributed by atoms with Gasteiger partial charge in [0.05, 0.1) is 11.7 Å². The zero-order valence-corrected chi connectivity index (χ0v) is 15.6. The zero-order chi connectivity index (χ0) is 18.2. The molecule has 1 spiro atoms. The molecule has 7 nitrogen and oxygen atoms in total. The van der Waals surface area contributed by atoms with Crippen LogP contribution in [0.2, 0.25) is 0 Å². The number of hydrogen-bond acceptors (Lipinski definition) is 5. The van der Waals surface area contributed by atoms with E-state index in [2.05, 4.69) is 5.32 Å². The minimum atomic E-state index is -4.03. The summed E-state index contributed by atoms with van der Waals surface area (Å²) in [6.07, 6.45) is 7.75. The summed E-state index contributed by atoms with van der Waals surface area (Å²) < 4.78 is 35.1. The average Bonchev–Trinajstić information content (AvgIpc) is 3.06. The van der Waals surface area contributed by atoms with Crippen molar-refractivity contribution in [3.8, 4) is 0 Å². The Labute approximate surface area is 148 Å². The predicted octanol–water partition coefficient (Wildman–Crippen LogP) is 2.16. The summed E-state index contributed by atoms with van der Waals surface area (Å²) in [7, 11) is -4.03. The topological polar surface area (TPSA) is 112 Å². The van der Waals surface area contributed by atoms with E-state index in [9.17, 15) is 13.2 Å². The summed E-state index contributed by atoms with van der Waals surface area (Å²) in [6, 6.07) is 0. The van der Waals surface area contributed by atoms with E-state index in [0.717, 1.165) is 25.7 Å². The van der Waals surface area contributed by atoms with E-state index in [0.29, 0.717) is 6.54 Å². The molecule has 1 aliphatic heterocycles. The van der Waals surface area contributed by atoms with Crippen LogP contribution in [0.1, 0.15) is 66.8 Å². The molecule has 1 unspecified atom stereocenters. The molecule has 25 heavy (non-hydrogen) atoms. The molecular formula is C17H26N2O5S. The molecule has 2 aliphatic rings. The third-order valence-corrected chi connectivity index (χ3v) is 6.37. The van der Waals surface area contributed by atoms with Gasteiger partial charge in [-0.05, 0) is 39.5 Å². The first-order chi connectivity index (χ1) is 11.7. The van der Waals surface area contributed by atoms with Gasteiger partial charge < -0.3 is 14.5 Å². The molecule has 3 rings (SSSR count). The minimum Gasteiger partial charge on any atom is -0.464 e. The Balaban J connectivity index is 1.66. The van der Waals surface area contributed by atoms with Crippen LogP contribution < -0.4 is 10.5 Å². The van der Waals surface area contributed by atoms with Crippen molar-refractivity contribution >= 4 is 15.9 Å². The van der Waals surface area contributed by atoms with E-state index >= 15 is 0 Å². The molecule has 1 saturated carbocycles. The minimum absolute atomic E-state index is 0.00891. The van der Waals surface area contributed by atoms with E-state index in [1.807, 2.05) is 0 Å². The summed E-state index contributed by atoms with van der Waals surface area (Å²) in [4.78, 5) is 12.3. The van der Waals surface area contributed by atoms with Crippen molar-refractivity contribution in [1.82, 2.24) is 5.32 Å². The van der Waals surface area contributed by atoms with Gasteiger partial charge in [0.15, 0.2) is 0 Å². The molecule has 1 aliphatic carbocycles. The Kier molecular flexibility index (Phi) is 4.96. The number of nitrogens with one attached hydrogen (secondary N) is 1. The number of ether oxygens (including phenoxy) is 1. The van der Waals surface area contributed by atoms with Crippen molar-refractivity contribution in [2.24, 2.45) is 5.14 Å². The summed E-state index contributed by atoms with van der Waals surface area (Å²) in [5.74, 6) is -0.120. The highest BCUT2D eigenvalue weighted by molar-refractivity contribution is 7.89. The second-order valence-corrected chi connectivity index (χ2v) is 8.69. The summed E-state index contributed by atoms with van der Waals surface area (Å²) in [5, 5.41) is 8.01. The Morgan fingerprint density at radius 1 is 1.20 bits per heavy atom. The van der Waals surface area contributed by atoms with Gasteiger partial charge in [0.1, 0.15) is 22.0 Å². The molecule has 1 atom stereocenters. The maximum Gasteiger partial charge on any atom is 0.256 e. The SMILES string of the molecule is Cc1oc(C)c(S(N)(=O)=O)c1C(=O)NCC1CCC2(CCCCC2)O1. The quantitative estimate of drug-likeness (QED) is 0.843. The number of sulfonamides is 1. The van der Waals surface area contributed by atoms with Crippen molar-refractivity contribution in [2.75, 3.05) is 6.54 Å². The van der Waals surface area contributed by atoms with E-state index in [1.54, 1.807) is 6.92 Å². The van der Waals surface area contributed by atoms with Gasteiger partial charge in [-0.15, -0.1) is 0 Å². The molecular weight excluding hydrogens is 344 g/mol. The molecule has 2 fully saturated rings. The lowest BCUT2D eigenvalue weighted by Gasteiger charge is -2.33. The third kappa shape index (κ3) is 3.75. The number of carbonyl (C=O) groups is 1. The van der Waals surface area contributed by atoms with Crippen molar-refractivity contribution in [3.05, 3.63) is 17.1 Å². The molecule has 3 N–H and O–H groups in total. The lowest BCUT2D eigenvalue weighted by Crippen LogP contribution is -2.37. The maximum atomic E-state index is 12.5. The van der Waals surface area contributed by atoms with Crippen molar-refractivity contribution in [1.29, 1.82) is 0 Å². The van der Waals surface area contributed by atoms with E-state index in [4.69, 9.17) is 14.3 Å². The van der Waals surface area contributed by atoms with Gasteiger partial charge in [-0.1, -0.05) is 19.3 Å². The van der Waals surface area contributed by atoms with Gasteiger partial charge in [-0.2, -0.15) is 0 Å². The number of carbonyl (C=O) groups excluding carboxylic acids is 1. The first-order valence-electron chi connectivity index (χ1n) is 8.81. The van der Waals surface area contributed by atoms with Gasteiger partial charge >= 0.3 is 0 Å². The van der Waals surface area contributed by atoms with E-state index in [1.165, 1.54) is 26.2 Å². The first-order valence-corrected chi connectivity index (χ1v) is 10.4. The Morgan fingerprint density at radius 3 is 2.52 bits per heavy atom. The lowest BCUT2D eigenvalue weighted by atomic mass is 9.83. The fraction of sp³-hybridized carbons (Fsp3) is 0.706. The van der Waals surface area contributed by atoms with Gasteiger partial charge in [-0.3, -0.25) is 4.79 Å². The number of hydrogen-bond donors (Lipinski definition) is 2. The smallest absolute Gasteiger partial charge is 0.256 e. The number of nitrogens with two attached hydrogens (primary N) is 1. The van der Waals surface area contributed by atoms with Crippen LogP contribution in [0, 0.1) is 13.8 Å². The molecule has 2 heterocycles. The second-order valence-electron chi connectivity index (χ2n) is 7.20. The number of primary sulfonamides is 1. The van der Waals surface area contributed by atoms with Crippen LogP contribution in [-0.2, 0) is 14.8 Å². The van der Waals surface area contributed by atoms with Crippen LogP contribution in [0.3, 0.4) is 0 Å². The summed E-state index contributed by atoms with van der Waals surface area (Å²) in [6.45, 7) is 3.39. The zero-order valence-electron chi connectivity index (χ0n) is 14.8. The van der Waals surface area contributed by atoms with Crippen molar-refractivity contribution in [2.45, 2.75) is 75.4 Å². The monoisotopic (exact) mass is 370 g/mol. The second kappa shape index (κ2) is 6.74. The summed E-state index contributed by atoms with van der Waals surface area (Å²) >= 11 is 0. The Morgan fingerprint density at radius 2 is 1.88 bits per heavy atom. The summed E-state index contributed by atoms with van der Waals surface area (Å²) in [5.41, 5.74) is -0.0213. The van der Waals surface area contributed by atoms with Gasteiger partial charge in [-0.25, -0.2) is 13.6 Å². The van der Waals surface area contributed by atoms with E-state index < -0.39 is 15.9 Å². The van der Waals surface area contributed by atoms with Gasteiger partial charge in [0, 0.05) is 6.54 Å². The highest BCUT2D eigenvalue weighted by Gasteiger charge is 2.41. The van der Waals surface area contributed by atoms with Gasteiger partial charge in [0.25, 0.3) is 5.91 Å². The van der Waals surface area contributed by atoms with Crippen LogP contribution in [0.4, 0.5) is 0 Å². The molecule has 0 radical (unpaired) electrons. The van der Waals surface area contributed by atoms with Gasteiger partial charge in [0.2, 0.25) is 10.0 Å². The molecule has 140 valence electrons. The average molecular weight is 370 g/mol. The number of amides is 1. The van der Waals surface area contributed by atoms with Crippen LogP contribution in [0.25, 0.3) is 0 Å². The Bertz CT molecular complexity index is 762. The fourth-order valence-electron chi connectivity index (χ4n) is 4.17. The molecule has 1 aromatic heterocycles. The van der Waals surface area contributed by atoms with Crippen LogP contribution in [0.5, 0.6) is 0 Å².